The van der Waals surface area contributed by atoms with Crippen molar-refractivity contribution in [1.29, 1.82) is 0 Å². The quantitative estimate of drug-likeness (QED) is 0.644. The van der Waals surface area contributed by atoms with E-state index in [1.807, 2.05) is 0 Å². The number of sulfone groups is 1. The SMILES string of the molecule is CC1(CNCCCS(C)(=O)=O)COC1. The first kappa shape index (κ1) is 11.9. The van der Waals surface area contributed by atoms with Crippen LogP contribution in [0.5, 0.6) is 0 Å². The second-order valence-electron chi connectivity index (χ2n) is 4.46. The van der Waals surface area contributed by atoms with E-state index in [4.69, 9.17) is 4.74 Å². The maximum atomic E-state index is 10.8. The van der Waals surface area contributed by atoms with Gasteiger partial charge in [0.25, 0.3) is 0 Å². The van der Waals surface area contributed by atoms with Crippen molar-refractivity contribution in [3.63, 3.8) is 0 Å². The van der Waals surface area contributed by atoms with Gasteiger partial charge in [0, 0.05) is 18.2 Å². The maximum Gasteiger partial charge on any atom is 0.147 e. The zero-order chi connectivity index (χ0) is 10.7. The maximum absolute atomic E-state index is 10.8. The van der Waals surface area contributed by atoms with Crippen molar-refractivity contribution in [2.75, 3.05) is 38.3 Å². The van der Waals surface area contributed by atoms with Crippen molar-refractivity contribution in [1.82, 2.24) is 5.32 Å². The highest BCUT2D eigenvalue weighted by atomic mass is 32.2. The smallest absolute Gasteiger partial charge is 0.147 e. The molecule has 0 aromatic carbocycles. The molecule has 0 aliphatic carbocycles. The van der Waals surface area contributed by atoms with Gasteiger partial charge in [-0.15, -0.1) is 0 Å². The molecule has 1 rings (SSSR count). The summed E-state index contributed by atoms with van der Waals surface area (Å²) in [5.74, 6) is 0.271. The Morgan fingerprint density at radius 2 is 2.07 bits per heavy atom. The Kier molecular flexibility index (Phi) is 3.92. The molecule has 0 aromatic heterocycles. The van der Waals surface area contributed by atoms with E-state index in [0.29, 0.717) is 6.42 Å². The molecule has 0 spiro atoms. The van der Waals surface area contributed by atoms with E-state index < -0.39 is 9.84 Å². The molecule has 0 bridgehead atoms. The Morgan fingerprint density at radius 3 is 2.50 bits per heavy atom. The van der Waals surface area contributed by atoms with E-state index in [9.17, 15) is 8.42 Å². The molecular formula is C9H19NO3S. The Hall–Kier alpha value is -0.130. The highest BCUT2D eigenvalue weighted by Gasteiger charge is 2.32. The fourth-order valence-corrected chi connectivity index (χ4v) is 2.07. The van der Waals surface area contributed by atoms with Gasteiger partial charge in [-0.1, -0.05) is 6.92 Å². The zero-order valence-electron chi connectivity index (χ0n) is 8.88. The number of hydrogen-bond donors (Lipinski definition) is 1. The van der Waals surface area contributed by atoms with Crippen LogP contribution in [0.2, 0.25) is 0 Å². The van der Waals surface area contributed by atoms with Crippen molar-refractivity contribution in [3.8, 4) is 0 Å². The van der Waals surface area contributed by atoms with E-state index in [0.717, 1.165) is 26.3 Å². The molecule has 14 heavy (non-hydrogen) atoms. The molecule has 1 aliphatic heterocycles. The molecule has 84 valence electrons. The van der Waals surface area contributed by atoms with Crippen molar-refractivity contribution < 1.29 is 13.2 Å². The van der Waals surface area contributed by atoms with Crippen LogP contribution in [0, 0.1) is 5.41 Å². The van der Waals surface area contributed by atoms with E-state index >= 15 is 0 Å². The van der Waals surface area contributed by atoms with Gasteiger partial charge in [0.2, 0.25) is 0 Å². The summed E-state index contributed by atoms with van der Waals surface area (Å²) in [4.78, 5) is 0. The van der Waals surface area contributed by atoms with Crippen molar-refractivity contribution in [3.05, 3.63) is 0 Å². The van der Waals surface area contributed by atoms with Gasteiger partial charge in [-0.2, -0.15) is 0 Å². The second-order valence-corrected chi connectivity index (χ2v) is 6.72. The molecule has 1 heterocycles. The van der Waals surface area contributed by atoms with Gasteiger partial charge in [-0.05, 0) is 13.0 Å². The molecule has 5 heteroatoms. The van der Waals surface area contributed by atoms with Crippen LogP contribution in [0.15, 0.2) is 0 Å². The Balaban J connectivity index is 2.00. The lowest BCUT2D eigenvalue weighted by molar-refractivity contribution is -0.0989. The third kappa shape index (κ3) is 4.39. The van der Waals surface area contributed by atoms with Crippen molar-refractivity contribution >= 4 is 9.84 Å². The van der Waals surface area contributed by atoms with Crippen LogP contribution in [-0.2, 0) is 14.6 Å². The van der Waals surface area contributed by atoms with E-state index in [1.54, 1.807) is 0 Å². The summed E-state index contributed by atoms with van der Waals surface area (Å²) >= 11 is 0. The lowest BCUT2D eigenvalue weighted by Crippen LogP contribution is -2.47. The third-order valence-electron chi connectivity index (χ3n) is 2.32. The first-order valence-corrected chi connectivity index (χ1v) is 6.94. The average Bonchev–Trinajstić information content (AvgIpc) is 1.98. The number of nitrogens with one attached hydrogen (secondary N) is 1. The highest BCUT2D eigenvalue weighted by Crippen LogP contribution is 2.24. The van der Waals surface area contributed by atoms with Gasteiger partial charge in [0.1, 0.15) is 9.84 Å². The molecule has 0 saturated carbocycles. The van der Waals surface area contributed by atoms with Gasteiger partial charge in [0.15, 0.2) is 0 Å². The van der Waals surface area contributed by atoms with Gasteiger partial charge in [0.05, 0.1) is 19.0 Å². The summed E-state index contributed by atoms with van der Waals surface area (Å²) in [6.07, 6.45) is 1.96. The Bertz CT molecular complexity index is 270. The van der Waals surface area contributed by atoms with Gasteiger partial charge in [-0.25, -0.2) is 8.42 Å². The zero-order valence-corrected chi connectivity index (χ0v) is 9.69. The van der Waals surface area contributed by atoms with Crippen molar-refractivity contribution in [2.24, 2.45) is 5.41 Å². The first-order valence-electron chi connectivity index (χ1n) is 4.88. The second kappa shape index (κ2) is 4.59. The third-order valence-corrected chi connectivity index (χ3v) is 3.35. The minimum atomic E-state index is -2.80. The summed E-state index contributed by atoms with van der Waals surface area (Å²) in [6, 6.07) is 0. The fraction of sp³-hybridized carbons (Fsp3) is 1.00. The predicted molar refractivity (Wildman–Crippen MR) is 56.1 cm³/mol. The summed E-state index contributed by atoms with van der Waals surface area (Å²) in [5.41, 5.74) is 0.269. The molecular weight excluding hydrogens is 202 g/mol. The monoisotopic (exact) mass is 221 g/mol. The fourth-order valence-electron chi connectivity index (χ4n) is 1.40. The van der Waals surface area contributed by atoms with Crippen molar-refractivity contribution in [2.45, 2.75) is 13.3 Å². The predicted octanol–water partition coefficient (Wildman–Crippen LogP) is 0.0472. The van der Waals surface area contributed by atoms with Gasteiger partial charge in [-0.3, -0.25) is 0 Å². The number of hydrogen-bond acceptors (Lipinski definition) is 4. The minimum absolute atomic E-state index is 0.269. The molecule has 1 fully saturated rings. The van der Waals surface area contributed by atoms with Crippen LogP contribution >= 0.6 is 0 Å². The Labute approximate surface area is 85.9 Å². The first-order chi connectivity index (χ1) is 6.41. The van der Waals surface area contributed by atoms with Gasteiger partial charge >= 0.3 is 0 Å². The molecule has 0 amide bonds. The molecule has 1 aliphatic rings. The van der Waals surface area contributed by atoms with Crippen LogP contribution in [-0.4, -0.2) is 46.7 Å². The van der Waals surface area contributed by atoms with Crippen LogP contribution in [0.3, 0.4) is 0 Å². The Morgan fingerprint density at radius 1 is 1.43 bits per heavy atom. The summed E-state index contributed by atoms with van der Waals surface area (Å²) in [6.45, 7) is 5.47. The van der Waals surface area contributed by atoms with Crippen LogP contribution in [0.25, 0.3) is 0 Å². The minimum Gasteiger partial charge on any atom is -0.380 e. The normalized spacial score (nSPS) is 20.4. The summed E-state index contributed by atoms with van der Waals surface area (Å²) in [7, 11) is -2.80. The molecule has 4 nitrogen and oxygen atoms in total. The van der Waals surface area contributed by atoms with Crippen LogP contribution in [0.1, 0.15) is 13.3 Å². The standard InChI is InChI=1S/C9H19NO3S/c1-9(7-13-8-9)6-10-4-3-5-14(2,11)12/h10H,3-8H2,1-2H3. The van der Waals surface area contributed by atoms with E-state index in [-0.39, 0.29) is 11.2 Å². The molecule has 0 aromatic rings. The van der Waals surface area contributed by atoms with E-state index in [2.05, 4.69) is 12.2 Å². The lowest BCUT2D eigenvalue weighted by atomic mass is 9.89. The topological polar surface area (TPSA) is 55.4 Å². The van der Waals surface area contributed by atoms with Gasteiger partial charge < -0.3 is 10.1 Å². The molecule has 1 saturated heterocycles. The van der Waals surface area contributed by atoms with Crippen LogP contribution < -0.4 is 5.32 Å². The average molecular weight is 221 g/mol. The molecule has 0 atom stereocenters. The van der Waals surface area contributed by atoms with Crippen LogP contribution in [0.4, 0.5) is 0 Å². The van der Waals surface area contributed by atoms with E-state index in [1.165, 1.54) is 6.26 Å². The molecule has 0 radical (unpaired) electrons. The number of rotatable bonds is 6. The number of ether oxygens (including phenoxy) is 1. The largest absolute Gasteiger partial charge is 0.380 e. The lowest BCUT2D eigenvalue weighted by Gasteiger charge is -2.38. The summed E-state index contributed by atoms with van der Waals surface area (Å²) in [5, 5.41) is 3.26. The highest BCUT2D eigenvalue weighted by molar-refractivity contribution is 7.90. The molecule has 0 unspecified atom stereocenters. The molecule has 1 N–H and O–H groups in total. The summed E-state index contributed by atoms with van der Waals surface area (Å²) < 4.78 is 26.7.